The second-order valence-electron chi connectivity index (χ2n) is 4.68. The number of para-hydroxylation sites is 1. The topological polar surface area (TPSA) is 11.3 Å². The summed E-state index contributed by atoms with van der Waals surface area (Å²) in [6.07, 6.45) is 0. The molecule has 7 heteroatoms. The van der Waals surface area contributed by atoms with E-state index in [0.717, 1.165) is 10.7 Å². The minimum absolute atomic E-state index is 0.115. The first kappa shape index (κ1) is 15.0. The lowest BCUT2D eigenvalue weighted by Crippen LogP contribution is -2.07. The number of halogens is 4. The first-order valence-corrected chi connectivity index (χ1v) is 6.08. The molecule has 2 aromatic rings. The third kappa shape index (κ3) is 5.04. The van der Waals surface area contributed by atoms with Gasteiger partial charge in [-0.05, 0) is 38.2 Å². The van der Waals surface area contributed by atoms with Crippen molar-refractivity contribution in [2.24, 2.45) is 0 Å². The minimum Gasteiger partial charge on any atom is -0.418 e. The van der Waals surface area contributed by atoms with Crippen LogP contribution in [0.2, 0.25) is 0 Å². The predicted molar refractivity (Wildman–Crippen MR) is 67.4 cm³/mol. The van der Waals surface area contributed by atoms with Gasteiger partial charge in [-0.25, -0.2) is 0 Å². The monoisotopic (exact) mass is 280 g/mol. The average Bonchev–Trinajstić information content (AvgIpc) is 2.57. The van der Waals surface area contributed by atoms with Crippen molar-refractivity contribution < 1.29 is 21.7 Å². The van der Waals surface area contributed by atoms with E-state index in [4.69, 9.17) is 4.42 Å². The molecule has 0 atom stereocenters. The van der Waals surface area contributed by atoms with Gasteiger partial charge in [0.1, 0.15) is 4.70 Å². The fourth-order valence-electron chi connectivity index (χ4n) is 1.15. The smallest absolute Gasteiger partial charge is 0.418 e. The summed E-state index contributed by atoms with van der Waals surface area (Å²) in [7, 11) is -6.00. The van der Waals surface area contributed by atoms with Gasteiger partial charge in [0.15, 0.2) is 0 Å². The molecule has 0 saturated carbocycles. The van der Waals surface area contributed by atoms with Crippen LogP contribution in [0.15, 0.2) is 28.7 Å². The molecule has 0 radical (unpaired) electrons. The Labute approximate surface area is 107 Å². The third-order valence-corrected chi connectivity index (χ3v) is 3.31. The van der Waals surface area contributed by atoms with Crippen molar-refractivity contribution in [2.45, 2.75) is 26.2 Å². The molecule has 0 spiro atoms. The molecule has 100 valence electrons. The van der Waals surface area contributed by atoms with Gasteiger partial charge in [0.25, 0.3) is 0 Å². The van der Waals surface area contributed by atoms with Crippen LogP contribution in [0, 0.1) is 0 Å². The van der Waals surface area contributed by atoms with Gasteiger partial charge in [0.05, 0.1) is 5.41 Å². The Hall–Kier alpha value is -1.11. The van der Waals surface area contributed by atoms with Gasteiger partial charge >= 0.3 is 17.9 Å². The Bertz CT molecular complexity index is 476. The van der Waals surface area contributed by atoms with Crippen LogP contribution in [0.25, 0.3) is 10.3 Å². The van der Waals surface area contributed by atoms with Crippen molar-refractivity contribution in [3.05, 3.63) is 29.3 Å². The quantitative estimate of drug-likeness (QED) is 0.358. The van der Waals surface area contributed by atoms with E-state index >= 15 is 0 Å². The van der Waals surface area contributed by atoms with E-state index in [1.807, 2.05) is 18.2 Å². The van der Waals surface area contributed by atoms with E-state index < -0.39 is 7.25 Å². The SMILES string of the molecule is CC(C)(C)c1[o+]c2ccccc2s1.F[B-](F)(F)F. The van der Waals surface area contributed by atoms with Gasteiger partial charge in [-0.3, -0.25) is 0 Å². The number of hydrogen-bond acceptors (Lipinski definition) is 1. The van der Waals surface area contributed by atoms with Crippen LogP contribution < -0.4 is 0 Å². The summed E-state index contributed by atoms with van der Waals surface area (Å²) in [6, 6.07) is 8.16. The minimum atomic E-state index is -6.00. The van der Waals surface area contributed by atoms with Gasteiger partial charge in [-0.2, -0.15) is 4.42 Å². The zero-order chi connectivity index (χ0) is 14.0. The number of fused-ring (bicyclic) bond motifs is 1. The fraction of sp³-hybridized carbons (Fsp3) is 0.364. The van der Waals surface area contributed by atoms with Gasteiger partial charge in [0, 0.05) is 6.07 Å². The lowest BCUT2D eigenvalue weighted by atomic mass is 9.99. The molecule has 0 fully saturated rings. The standard InChI is InChI=1S/C11H13OS.BF4/c1-11(2,3)10-12-8-6-4-5-7-9(8)13-10;2-1(3,4)5/h4-7H,1-3H3;/q+1;-1. The van der Waals surface area contributed by atoms with Gasteiger partial charge in [0.2, 0.25) is 0 Å². The average molecular weight is 280 g/mol. The second kappa shape index (κ2) is 5.26. The molecule has 1 aromatic carbocycles. The molecule has 0 aliphatic heterocycles. The van der Waals surface area contributed by atoms with E-state index in [1.54, 1.807) is 11.3 Å². The second-order valence-corrected chi connectivity index (χ2v) is 5.70. The van der Waals surface area contributed by atoms with Crippen LogP contribution in [0.3, 0.4) is 0 Å². The molecule has 0 bridgehead atoms. The molecule has 1 aromatic heterocycles. The van der Waals surface area contributed by atoms with E-state index in [9.17, 15) is 17.3 Å². The maximum Gasteiger partial charge on any atom is 0.673 e. The summed E-state index contributed by atoms with van der Waals surface area (Å²) in [4.78, 5) is 0. The molecule has 0 N–H and O–H groups in total. The fourth-order valence-corrected chi connectivity index (χ4v) is 2.14. The predicted octanol–water partition coefficient (Wildman–Crippen LogP) is 5.37. The summed E-state index contributed by atoms with van der Waals surface area (Å²) < 4.78 is 46.0. The third-order valence-electron chi connectivity index (χ3n) is 1.87. The van der Waals surface area contributed by atoms with Crippen LogP contribution in [0.4, 0.5) is 17.3 Å². The molecule has 1 heterocycles. The van der Waals surface area contributed by atoms with Crippen molar-refractivity contribution in [2.75, 3.05) is 0 Å². The number of hydrogen-bond donors (Lipinski definition) is 0. The molecule has 2 rings (SSSR count). The summed E-state index contributed by atoms with van der Waals surface area (Å²) in [6.45, 7) is 6.50. The van der Waals surface area contributed by atoms with Crippen LogP contribution >= 0.6 is 11.3 Å². The molecular formula is C11H13BF4OS. The van der Waals surface area contributed by atoms with Gasteiger partial charge in [-0.1, -0.05) is 12.1 Å². The Morgan fingerprint density at radius 3 is 2.00 bits per heavy atom. The zero-order valence-corrected chi connectivity index (χ0v) is 11.0. The molecule has 18 heavy (non-hydrogen) atoms. The lowest BCUT2D eigenvalue weighted by molar-refractivity contribution is 0.368. The van der Waals surface area contributed by atoms with Crippen molar-refractivity contribution in [3.63, 3.8) is 0 Å². The van der Waals surface area contributed by atoms with Crippen molar-refractivity contribution in [1.29, 1.82) is 0 Å². The van der Waals surface area contributed by atoms with E-state index in [2.05, 4.69) is 26.8 Å². The van der Waals surface area contributed by atoms with Crippen LogP contribution in [-0.2, 0) is 5.41 Å². The molecule has 1 nitrogen and oxygen atoms in total. The Morgan fingerprint density at radius 1 is 1.06 bits per heavy atom. The highest BCUT2D eigenvalue weighted by Gasteiger charge is 2.30. The van der Waals surface area contributed by atoms with Gasteiger partial charge < -0.3 is 17.3 Å². The molecular weight excluding hydrogens is 267 g/mol. The van der Waals surface area contributed by atoms with E-state index in [-0.39, 0.29) is 5.41 Å². The number of rotatable bonds is 0. The highest BCUT2D eigenvalue weighted by atomic mass is 32.1. The zero-order valence-electron chi connectivity index (χ0n) is 10.2. The normalized spacial score (nSPS) is 12.2. The van der Waals surface area contributed by atoms with Crippen molar-refractivity contribution in [3.8, 4) is 0 Å². The molecule has 0 aliphatic carbocycles. The highest BCUT2D eigenvalue weighted by molar-refractivity contribution is 7.18. The number of benzene rings is 1. The van der Waals surface area contributed by atoms with E-state index in [0.29, 0.717) is 0 Å². The first-order valence-electron chi connectivity index (χ1n) is 5.27. The molecule has 0 unspecified atom stereocenters. The molecule has 0 amide bonds. The summed E-state index contributed by atoms with van der Waals surface area (Å²) in [5, 5.41) is 1.09. The van der Waals surface area contributed by atoms with E-state index in [1.165, 1.54) is 4.70 Å². The van der Waals surface area contributed by atoms with Crippen molar-refractivity contribution in [1.82, 2.24) is 0 Å². The summed E-state index contributed by atoms with van der Waals surface area (Å²) in [5.74, 6) is 0. The van der Waals surface area contributed by atoms with Crippen LogP contribution in [0.5, 0.6) is 0 Å². The maximum atomic E-state index is 9.75. The Kier molecular flexibility index (Phi) is 4.37. The largest absolute Gasteiger partial charge is 0.673 e. The highest BCUT2D eigenvalue weighted by Crippen LogP contribution is 2.33. The summed E-state index contributed by atoms with van der Waals surface area (Å²) in [5.41, 5.74) is 1.11. The first-order chi connectivity index (χ1) is 8.07. The molecule has 0 aliphatic rings. The lowest BCUT2D eigenvalue weighted by Gasteiger charge is -2.03. The Balaban J connectivity index is 0.000000280. The Morgan fingerprint density at radius 2 is 1.56 bits per heavy atom. The van der Waals surface area contributed by atoms with Crippen LogP contribution in [-0.4, -0.2) is 7.25 Å². The molecule has 0 saturated heterocycles. The van der Waals surface area contributed by atoms with Crippen LogP contribution in [0.1, 0.15) is 25.8 Å². The maximum absolute atomic E-state index is 9.75. The van der Waals surface area contributed by atoms with Gasteiger partial charge in [-0.15, -0.1) is 0 Å². The summed E-state index contributed by atoms with van der Waals surface area (Å²) >= 11 is 1.74. The van der Waals surface area contributed by atoms with Crippen molar-refractivity contribution >= 4 is 28.9 Å².